The fourth-order valence-corrected chi connectivity index (χ4v) is 2.55. The molecule has 130 valence electrons. The van der Waals surface area contributed by atoms with Crippen LogP contribution in [0.15, 0.2) is 48.5 Å². The molecule has 2 amide bonds. The molecule has 0 aliphatic rings. The van der Waals surface area contributed by atoms with Crippen molar-refractivity contribution in [3.05, 3.63) is 70.8 Å². The Morgan fingerprint density at radius 2 is 1.68 bits per heavy atom. The molecule has 0 spiro atoms. The molecule has 0 radical (unpaired) electrons. The molecule has 2 rings (SSSR count). The maximum Gasteiger partial charge on any atom is 0.315 e. The zero-order valence-electron chi connectivity index (χ0n) is 14.5. The van der Waals surface area contributed by atoms with E-state index in [1.54, 1.807) is 12.1 Å². The van der Waals surface area contributed by atoms with Gasteiger partial charge < -0.3 is 15.7 Å². The van der Waals surface area contributed by atoms with Crippen molar-refractivity contribution in [3.8, 4) is 6.07 Å². The Bertz CT molecular complexity index is 733. The first-order valence-corrected chi connectivity index (χ1v) is 8.34. The second-order valence-electron chi connectivity index (χ2n) is 5.90. The van der Waals surface area contributed by atoms with Crippen molar-refractivity contribution in [1.29, 1.82) is 5.26 Å². The first-order valence-electron chi connectivity index (χ1n) is 8.34. The Morgan fingerprint density at radius 1 is 1.08 bits per heavy atom. The zero-order valence-corrected chi connectivity index (χ0v) is 14.5. The topological polar surface area (TPSA) is 85.2 Å². The molecule has 0 bridgehead atoms. The van der Waals surface area contributed by atoms with Crippen molar-refractivity contribution in [2.24, 2.45) is 0 Å². The molecule has 2 aromatic rings. The van der Waals surface area contributed by atoms with Crippen molar-refractivity contribution in [2.75, 3.05) is 6.61 Å². The molecule has 0 saturated heterocycles. The number of aliphatic hydroxyl groups excluding tert-OH is 1. The molecule has 5 heteroatoms. The predicted molar refractivity (Wildman–Crippen MR) is 96.9 cm³/mol. The van der Waals surface area contributed by atoms with Gasteiger partial charge in [-0.05, 0) is 42.2 Å². The van der Waals surface area contributed by atoms with Crippen LogP contribution in [0.1, 0.15) is 48.2 Å². The van der Waals surface area contributed by atoms with Gasteiger partial charge in [0.05, 0.1) is 30.3 Å². The van der Waals surface area contributed by atoms with Crippen LogP contribution in [0.25, 0.3) is 0 Å². The van der Waals surface area contributed by atoms with Gasteiger partial charge in [-0.3, -0.25) is 0 Å². The van der Waals surface area contributed by atoms with Gasteiger partial charge in [-0.2, -0.15) is 5.26 Å². The molecule has 25 heavy (non-hydrogen) atoms. The monoisotopic (exact) mass is 337 g/mol. The Kier molecular flexibility index (Phi) is 6.55. The summed E-state index contributed by atoms with van der Waals surface area (Å²) in [5.41, 5.74) is 3.55. The van der Waals surface area contributed by atoms with Crippen LogP contribution in [0.2, 0.25) is 0 Å². The molecule has 0 saturated carbocycles. The van der Waals surface area contributed by atoms with Crippen molar-refractivity contribution < 1.29 is 9.90 Å². The molecular weight excluding hydrogens is 314 g/mol. The Balaban J connectivity index is 1.97. The lowest BCUT2D eigenvalue weighted by Gasteiger charge is -2.20. The highest BCUT2D eigenvalue weighted by Gasteiger charge is 2.15. The van der Waals surface area contributed by atoms with Crippen LogP contribution >= 0.6 is 0 Å². The highest BCUT2D eigenvalue weighted by atomic mass is 16.3. The summed E-state index contributed by atoms with van der Waals surface area (Å²) < 4.78 is 0. The Morgan fingerprint density at radius 3 is 2.20 bits per heavy atom. The van der Waals surface area contributed by atoms with Crippen LogP contribution in [0, 0.1) is 11.3 Å². The van der Waals surface area contributed by atoms with Gasteiger partial charge in [-0.25, -0.2) is 4.79 Å². The largest absolute Gasteiger partial charge is 0.394 e. The number of aryl methyl sites for hydroxylation is 1. The van der Waals surface area contributed by atoms with Gasteiger partial charge in [0.15, 0.2) is 0 Å². The SMILES string of the molecule is CCc1ccc(C(CO)NC(=O)NC(C)c2ccc(C#N)cc2)cc1. The Hall–Kier alpha value is -2.84. The van der Waals surface area contributed by atoms with E-state index in [-0.39, 0.29) is 18.7 Å². The van der Waals surface area contributed by atoms with E-state index in [0.29, 0.717) is 5.56 Å². The fourth-order valence-electron chi connectivity index (χ4n) is 2.55. The van der Waals surface area contributed by atoms with Crippen LogP contribution < -0.4 is 10.6 Å². The molecule has 2 atom stereocenters. The average molecular weight is 337 g/mol. The Labute approximate surface area is 148 Å². The normalized spacial score (nSPS) is 12.7. The van der Waals surface area contributed by atoms with E-state index in [2.05, 4.69) is 23.6 Å². The molecular formula is C20H23N3O2. The third-order valence-electron chi connectivity index (χ3n) is 4.17. The maximum atomic E-state index is 12.2. The second kappa shape index (κ2) is 8.86. The van der Waals surface area contributed by atoms with Crippen LogP contribution in [0.5, 0.6) is 0 Å². The van der Waals surface area contributed by atoms with Crippen LogP contribution in [0.4, 0.5) is 4.79 Å². The van der Waals surface area contributed by atoms with Gasteiger partial charge in [0.2, 0.25) is 0 Å². The quantitative estimate of drug-likeness (QED) is 0.756. The van der Waals surface area contributed by atoms with Gasteiger partial charge in [0.1, 0.15) is 0 Å². The van der Waals surface area contributed by atoms with Crippen molar-refractivity contribution in [2.45, 2.75) is 32.4 Å². The van der Waals surface area contributed by atoms with Crippen LogP contribution in [-0.4, -0.2) is 17.7 Å². The summed E-state index contributed by atoms with van der Waals surface area (Å²) in [4.78, 5) is 12.2. The van der Waals surface area contributed by atoms with Crippen molar-refractivity contribution >= 4 is 6.03 Å². The molecule has 0 aliphatic carbocycles. The van der Waals surface area contributed by atoms with Gasteiger partial charge in [-0.1, -0.05) is 43.3 Å². The third kappa shape index (κ3) is 5.07. The lowest BCUT2D eigenvalue weighted by molar-refractivity contribution is 0.214. The number of carbonyl (C=O) groups excluding carboxylic acids is 1. The van der Waals surface area contributed by atoms with Crippen molar-refractivity contribution in [1.82, 2.24) is 10.6 Å². The zero-order chi connectivity index (χ0) is 18.2. The number of hydrogen-bond donors (Lipinski definition) is 3. The van der Waals surface area contributed by atoms with E-state index >= 15 is 0 Å². The number of urea groups is 1. The van der Waals surface area contributed by atoms with E-state index in [9.17, 15) is 9.90 Å². The molecule has 0 aliphatic heterocycles. The van der Waals surface area contributed by atoms with Gasteiger partial charge in [0, 0.05) is 0 Å². The number of benzene rings is 2. The van der Waals surface area contributed by atoms with Crippen molar-refractivity contribution in [3.63, 3.8) is 0 Å². The highest BCUT2D eigenvalue weighted by Crippen LogP contribution is 2.16. The van der Waals surface area contributed by atoms with E-state index in [1.165, 1.54) is 5.56 Å². The molecule has 0 fully saturated rings. The van der Waals surface area contributed by atoms with E-state index < -0.39 is 6.04 Å². The minimum absolute atomic E-state index is 0.176. The third-order valence-corrected chi connectivity index (χ3v) is 4.17. The maximum absolute atomic E-state index is 12.2. The second-order valence-corrected chi connectivity index (χ2v) is 5.90. The lowest BCUT2D eigenvalue weighted by atomic mass is 10.0. The number of carbonyl (C=O) groups is 1. The first kappa shape index (κ1) is 18.5. The first-order chi connectivity index (χ1) is 12.1. The fraction of sp³-hybridized carbons (Fsp3) is 0.300. The predicted octanol–water partition coefficient (Wildman–Crippen LogP) is 3.21. The minimum atomic E-state index is -0.459. The summed E-state index contributed by atoms with van der Waals surface area (Å²) in [6, 6.07) is 15.9. The number of nitrogens with one attached hydrogen (secondary N) is 2. The van der Waals surface area contributed by atoms with E-state index in [1.807, 2.05) is 43.3 Å². The van der Waals surface area contributed by atoms with E-state index in [4.69, 9.17) is 5.26 Å². The molecule has 3 N–H and O–H groups in total. The summed E-state index contributed by atoms with van der Waals surface area (Å²) in [6.07, 6.45) is 0.945. The summed E-state index contributed by atoms with van der Waals surface area (Å²) in [5, 5.41) is 24.1. The summed E-state index contributed by atoms with van der Waals surface area (Å²) in [6.45, 7) is 3.77. The minimum Gasteiger partial charge on any atom is -0.394 e. The molecule has 2 unspecified atom stereocenters. The van der Waals surface area contributed by atoms with Gasteiger partial charge >= 0.3 is 6.03 Å². The number of amides is 2. The van der Waals surface area contributed by atoms with Crippen LogP contribution in [0.3, 0.4) is 0 Å². The lowest BCUT2D eigenvalue weighted by Crippen LogP contribution is -2.40. The number of nitrogens with zero attached hydrogens (tertiary/aromatic N) is 1. The summed E-state index contributed by atoms with van der Waals surface area (Å²) in [7, 11) is 0. The number of hydrogen-bond acceptors (Lipinski definition) is 3. The number of nitriles is 1. The molecule has 5 nitrogen and oxygen atoms in total. The highest BCUT2D eigenvalue weighted by molar-refractivity contribution is 5.75. The number of aliphatic hydroxyl groups is 1. The summed E-state index contributed by atoms with van der Waals surface area (Å²) in [5.74, 6) is 0. The summed E-state index contributed by atoms with van der Waals surface area (Å²) >= 11 is 0. The molecule has 0 aromatic heterocycles. The van der Waals surface area contributed by atoms with Gasteiger partial charge in [-0.15, -0.1) is 0 Å². The van der Waals surface area contributed by atoms with Crippen LogP contribution in [-0.2, 0) is 6.42 Å². The standard InChI is InChI=1S/C20H23N3O2/c1-3-15-4-10-18(11-5-15)19(13-24)23-20(25)22-14(2)17-8-6-16(12-21)7-9-17/h4-11,14,19,24H,3,13H2,1-2H3,(H2,22,23,25). The average Bonchev–Trinajstić information content (AvgIpc) is 2.66. The van der Waals surface area contributed by atoms with E-state index in [0.717, 1.165) is 17.5 Å². The van der Waals surface area contributed by atoms with Gasteiger partial charge in [0.25, 0.3) is 0 Å². The smallest absolute Gasteiger partial charge is 0.315 e. The molecule has 0 heterocycles. The molecule has 2 aromatic carbocycles. The number of rotatable bonds is 6.